The largest absolute Gasteiger partial charge is 0.331 e. The van der Waals surface area contributed by atoms with Gasteiger partial charge in [0.2, 0.25) is 0 Å². The van der Waals surface area contributed by atoms with Crippen LogP contribution in [0.2, 0.25) is 5.02 Å². The van der Waals surface area contributed by atoms with Crippen LogP contribution in [0.1, 0.15) is 21.1 Å². The Morgan fingerprint density at radius 3 is 2.56 bits per heavy atom. The fourth-order valence-electron chi connectivity index (χ4n) is 2.37. The van der Waals surface area contributed by atoms with Crippen molar-refractivity contribution in [3.8, 4) is 0 Å². The van der Waals surface area contributed by atoms with E-state index in [-0.39, 0.29) is 6.03 Å². The van der Waals surface area contributed by atoms with Crippen molar-refractivity contribution in [2.75, 3.05) is 5.32 Å². The monoisotopic (exact) mass is 371 g/mol. The Balaban J connectivity index is 1.55. The summed E-state index contributed by atoms with van der Waals surface area (Å²) in [6.45, 7) is 2.41. The second kappa shape index (κ2) is 8.14. The number of aryl methyl sites for hydroxylation is 1. The molecule has 4 nitrogen and oxygen atoms in total. The van der Waals surface area contributed by atoms with Gasteiger partial charge in [0.15, 0.2) is 0 Å². The van der Waals surface area contributed by atoms with Crippen LogP contribution in [0.5, 0.6) is 0 Å². The normalized spacial score (nSPS) is 10.5. The molecule has 0 saturated heterocycles. The first kappa shape index (κ1) is 17.5. The molecule has 25 heavy (non-hydrogen) atoms. The third kappa shape index (κ3) is 5.05. The number of halogens is 1. The molecule has 0 aliphatic heterocycles. The SMILES string of the molecule is Cc1nc(CNC(=O)Nc2ccc(Cl)cc2)sc1Cc1ccccc1. The molecule has 2 aromatic carbocycles. The highest BCUT2D eigenvalue weighted by Crippen LogP contribution is 2.21. The number of anilines is 1. The number of urea groups is 1. The highest BCUT2D eigenvalue weighted by Gasteiger charge is 2.09. The van der Waals surface area contributed by atoms with E-state index < -0.39 is 0 Å². The summed E-state index contributed by atoms with van der Waals surface area (Å²) >= 11 is 7.46. The molecule has 128 valence electrons. The van der Waals surface area contributed by atoms with E-state index in [2.05, 4.69) is 27.8 Å². The van der Waals surface area contributed by atoms with Crippen LogP contribution in [0, 0.1) is 6.92 Å². The lowest BCUT2D eigenvalue weighted by Crippen LogP contribution is -2.28. The van der Waals surface area contributed by atoms with Gasteiger partial charge in [-0.25, -0.2) is 9.78 Å². The summed E-state index contributed by atoms with van der Waals surface area (Å²) in [6.07, 6.45) is 0.862. The van der Waals surface area contributed by atoms with Gasteiger partial charge in [-0.3, -0.25) is 0 Å². The number of carbonyl (C=O) groups excluding carboxylic acids is 1. The van der Waals surface area contributed by atoms with Crippen molar-refractivity contribution in [2.24, 2.45) is 0 Å². The first-order valence-corrected chi connectivity index (χ1v) is 9.09. The molecule has 0 atom stereocenters. The third-order valence-corrected chi connectivity index (χ3v) is 5.06. The lowest BCUT2D eigenvalue weighted by atomic mass is 10.1. The van der Waals surface area contributed by atoms with Crippen LogP contribution in [0.4, 0.5) is 10.5 Å². The summed E-state index contributed by atoms with van der Waals surface area (Å²) < 4.78 is 0. The van der Waals surface area contributed by atoms with Gasteiger partial charge in [-0.1, -0.05) is 41.9 Å². The van der Waals surface area contributed by atoms with Crippen LogP contribution in [-0.4, -0.2) is 11.0 Å². The predicted molar refractivity (Wildman–Crippen MR) is 103 cm³/mol. The van der Waals surface area contributed by atoms with E-state index in [0.29, 0.717) is 17.3 Å². The molecule has 0 unspecified atom stereocenters. The molecule has 0 bridgehead atoms. The molecule has 1 heterocycles. The smallest absolute Gasteiger partial charge is 0.319 e. The highest BCUT2D eigenvalue weighted by atomic mass is 35.5. The van der Waals surface area contributed by atoms with Crippen molar-refractivity contribution in [1.29, 1.82) is 0 Å². The van der Waals surface area contributed by atoms with E-state index in [1.807, 2.05) is 25.1 Å². The van der Waals surface area contributed by atoms with E-state index in [9.17, 15) is 4.79 Å². The van der Waals surface area contributed by atoms with Crippen LogP contribution < -0.4 is 10.6 Å². The predicted octanol–water partition coefficient (Wildman–Crippen LogP) is 5.02. The van der Waals surface area contributed by atoms with Crippen LogP contribution in [0.15, 0.2) is 54.6 Å². The van der Waals surface area contributed by atoms with Crippen LogP contribution >= 0.6 is 22.9 Å². The van der Waals surface area contributed by atoms with Gasteiger partial charge in [-0.2, -0.15) is 0 Å². The number of nitrogens with zero attached hydrogens (tertiary/aromatic N) is 1. The van der Waals surface area contributed by atoms with E-state index in [1.54, 1.807) is 35.6 Å². The zero-order valence-corrected chi connectivity index (χ0v) is 15.3. The second-order valence-electron chi connectivity index (χ2n) is 5.59. The molecule has 0 aliphatic rings. The van der Waals surface area contributed by atoms with Crippen molar-refractivity contribution in [2.45, 2.75) is 19.9 Å². The zero-order valence-electron chi connectivity index (χ0n) is 13.8. The molecular weight excluding hydrogens is 354 g/mol. The Hall–Kier alpha value is -2.37. The van der Waals surface area contributed by atoms with Crippen molar-refractivity contribution < 1.29 is 4.79 Å². The molecule has 0 radical (unpaired) electrons. The van der Waals surface area contributed by atoms with Gasteiger partial charge in [-0.05, 0) is 36.8 Å². The maximum Gasteiger partial charge on any atom is 0.319 e. The number of benzene rings is 2. The minimum absolute atomic E-state index is 0.264. The average molecular weight is 372 g/mol. The highest BCUT2D eigenvalue weighted by molar-refractivity contribution is 7.11. The number of amides is 2. The lowest BCUT2D eigenvalue weighted by Gasteiger charge is -2.06. The Bertz CT molecular complexity index is 847. The fourth-order valence-corrected chi connectivity index (χ4v) is 3.54. The number of aromatic nitrogens is 1. The summed E-state index contributed by atoms with van der Waals surface area (Å²) in [5, 5.41) is 7.13. The van der Waals surface area contributed by atoms with Gasteiger partial charge in [0.25, 0.3) is 0 Å². The maximum absolute atomic E-state index is 12.0. The van der Waals surface area contributed by atoms with E-state index >= 15 is 0 Å². The molecule has 0 fully saturated rings. The van der Waals surface area contributed by atoms with E-state index in [1.165, 1.54) is 10.4 Å². The molecule has 0 saturated carbocycles. The molecule has 0 spiro atoms. The number of hydrogen-bond acceptors (Lipinski definition) is 3. The van der Waals surface area contributed by atoms with Gasteiger partial charge in [0.05, 0.1) is 12.2 Å². The van der Waals surface area contributed by atoms with Gasteiger partial charge >= 0.3 is 6.03 Å². The minimum atomic E-state index is -0.264. The van der Waals surface area contributed by atoms with Crippen LogP contribution in [0.25, 0.3) is 0 Å². The number of rotatable bonds is 5. The van der Waals surface area contributed by atoms with Gasteiger partial charge in [-0.15, -0.1) is 11.3 Å². The Morgan fingerprint density at radius 2 is 1.84 bits per heavy atom. The van der Waals surface area contributed by atoms with E-state index in [4.69, 9.17) is 11.6 Å². The molecule has 0 aliphatic carbocycles. The van der Waals surface area contributed by atoms with Gasteiger partial charge in [0, 0.05) is 22.0 Å². The zero-order chi connectivity index (χ0) is 17.6. The summed E-state index contributed by atoms with van der Waals surface area (Å²) in [6, 6.07) is 17.0. The Morgan fingerprint density at radius 1 is 1.12 bits per heavy atom. The molecule has 3 rings (SSSR count). The van der Waals surface area contributed by atoms with Crippen molar-refractivity contribution in [3.63, 3.8) is 0 Å². The first-order valence-electron chi connectivity index (χ1n) is 7.89. The number of nitrogens with one attached hydrogen (secondary N) is 2. The lowest BCUT2D eigenvalue weighted by molar-refractivity contribution is 0.251. The number of thiazole rings is 1. The maximum atomic E-state index is 12.0. The molecule has 6 heteroatoms. The molecule has 2 N–H and O–H groups in total. The second-order valence-corrected chi connectivity index (χ2v) is 7.20. The summed E-state index contributed by atoms with van der Waals surface area (Å²) in [7, 11) is 0. The molecule has 3 aromatic rings. The summed E-state index contributed by atoms with van der Waals surface area (Å²) in [5.41, 5.74) is 2.97. The van der Waals surface area contributed by atoms with Gasteiger partial charge < -0.3 is 10.6 Å². The Labute approximate surface area is 155 Å². The third-order valence-electron chi connectivity index (χ3n) is 3.65. The average Bonchev–Trinajstić information content (AvgIpc) is 2.96. The van der Waals surface area contributed by atoms with Crippen molar-refractivity contribution >= 4 is 34.7 Å². The molecular formula is C19H18ClN3OS. The number of hydrogen-bond donors (Lipinski definition) is 2. The number of carbonyl (C=O) groups is 1. The molecule has 2 amide bonds. The summed E-state index contributed by atoms with van der Waals surface area (Å²) in [4.78, 5) is 17.8. The van der Waals surface area contributed by atoms with Crippen LogP contribution in [-0.2, 0) is 13.0 Å². The van der Waals surface area contributed by atoms with E-state index in [0.717, 1.165) is 17.1 Å². The topological polar surface area (TPSA) is 54.0 Å². The fraction of sp³-hybridized carbons (Fsp3) is 0.158. The van der Waals surface area contributed by atoms with Crippen molar-refractivity contribution in [1.82, 2.24) is 10.3 Å². The minimum Gasteiger partial charge on any atom is -0.331 e. The first-order chi connectivity index (χ1) is 12.1. The summed E-state index contributed by atoms with van der Waals surface area (Å²) in [5.74, 6) is 0. The molecule has 1 aromatic heterocycles. The quantitative estimate of drug-likeness (QED) is 0.661. The van der Waals surface area contributed by atoms with Gasteiger partial charge in [0.1, 0.15) is 5.01 Å². The van der Waals surface area contributed by atoms with Crippen LogP contribution in [0.3, 0.4) is 0 Å². The van der Waals surface area contributed by atoms with Crippen molar-refractivity contribution in [3.05, 3.63) is 80.8 Å². The standard InChI is InChI=1S/C19H18ClN3OS/c1-13-17(11-14-5-3-2-4-6-14)25-18(22-13)12-21-19(24)23-16-9-7-15(20)8-10-16/h2-10H,11-12H2,1H3,(H2,21,23,24). The Kier molecular flexibility index (Phi) is 5.68.